The van der Waals surface area contributed by atoms with Gasteiger partial charge in [-0.25, -0.2) is 0 Å². The molecule has 2 aromatic carbocycles. The molecule has 0 bridgehead atoms. The Hall–Kier alpha value is -2.20. The molecule has 0 saturated carbocycles. The molecule has 0 fully saturated rings. The van der Waals surface area contributed by atoms with Crippen molar-refractivity contribution in [2.45, 2.75) is 26.4 Å². The second-order valence-corrected chi connectivity index (χ2v) is 5.30. The van der Waals surface area contributed by atoms with Crippen LogP contribution in [0.4, 0.5) is 0 Å². The zero-order valence-corrected chi connectivity index (χ0v) is 12.2. The van der Waals surface area contributed by atoms with Gasteiger partial charge in [0.25, 0.3) is 0 Å². The second-order valence-electron chi connectivity index (χ2n) is 5.30. The highest BCUT2D eigenvalue weighted by Gasteiger charge is 2.15. The number of hydrogen-bond acceptors (Lipinski definition) is 4. The highest BCUT2D eigenvalue weighted by Crippen LogP contribution is 2.34. The van der Waals surface area contributed by atoms with Crippen molar-refractivity contribution < 1.29 is 14.6 Å². The van der Waals surface area contributed by atoms with Crippen molar-refractivity contribution in [2.75, 3.05) is 6.79 Å². The standard InChI is InChI=1S/C17H19NO3/c1-11-4-3-5-14(17(11)19)9-18-12(2)13-6-7-15-16(8-13)21-10-20-15/h3-8,12,18-19H,9-10H2,1-2H3. The van der Waals surface area contributed by atoms with Gasteiger partial charge in [-0.3, -0.25) is 0 Å². The summed E-state index contributed by atoms with van der Waals surface area (Å²) in [7, 11) is 0. The molecular weight excluding hydrogens is 266 g/mol. The lowest BCUT2D eigenvalue weighted by Gasteiger charge is -2.16. The van der Waals surface area contributed by atoms with Crippen molar-refractivity contribution in [1.29, 1.82) is 0 Å². The minimum absolute atomic E-state index is 0.152. The number of aromatic hydroxyl groups is 1. The van der Waals surface area contributed by atoms with E-state index >= 15 is 0 Å². The van der Waals surface area contributed by atoms with Gasteiger partial charge in [0.15, 0.2) is 11.5 Å². The lowest BCUT2D eigenvalue weighted by Crippen LogP contribution is -2.18. The maximum absolute atomic E-state index is 10.0. The van der Waals surface area contributed by atoms with E-state index < -0.39 is 0 Å². The summed E-state index contributed by atoms with van der Waals surface area (Å²) in [4.78, 5) is 0. The highest BCUT2D eigenvalue weighted by molar-refractivity contribution is 5.45. The lowest BCUT2D eigenvalue weighted by atomic mass is 10.1. The quantitative estimate of drug-likeness (QED) is 0.905. The van der Waals surface area contributed by atoms with Crippen molar-refractivity contribution in [3.05, 3.63) is 53.1 Å². The van der Waals surface area contributed by atoms with Gasteiger partial charge in [0.05, 0.1) is 0 Å². The Labute approximate surface area is 124 Å². The van der Waals surface area contributed by atoms with Crippen LogP contribution in [0.3, 0.4) is 0 Å². The monoisotopic (exact) mass is 285 g/mol. The van der Waals surface area contributed by atoms with Gasteiger partial charge in [-0.05, 0) is 37.1 Å². The van der Waals surface area contributed by atoms with Gasteiger partial charge in [-0.2, -0.15) is 0 Å². The van der Waals surface area contributed by atoms with E-state index in [9.17, 15) is 5.11 Å². The van der Waals surface area contributed by atoms with Crippen LogP contribution in [0.25, 0.3) is 0 Å². The number of rotatable bonds is 4. The van der Waals surface area contributed by atoms with Gasteiger partial charge >= 0.3 is 0 Å². The van der Waals surface area contributed by atoms with Crippen molar-refractivity contribution in [1.82, 2.24) is 5.32 Å². The Morgan fingerprint density at radius 2 is 2.00 bits per heavy atom. The minimum Gasteiger partial charge on any atom is -0.507 e. The van der Waals surface area contributed by atoms with Gasteiger partial charge < -0.3 is 19.9 Å². The summed E-state index contributed by atoms with van der Waals surface area (Å²) in [5.41, 5.74) is 2.93. The Bertz CT molecular complexity index is 654. The van der Waals surface area contributed by atoms with Gasteiger partial charge in [0.2, 0.25) is 6.79 Å². The fourth-order valence-corrected chi connectivity index (χ4v) is 2.43. The number of nitrogens with one attached hydrogen (secondary N) is 1. The van der Waals surface area contributed by atoms with Crippen LogP contribution in [0, 0.1) is 6.92 Å². The molecule has 4 nitrogen and oxygen atoms in total. The van der Waals surface area contributed by atoms with Gasteiger partial charge in [-0.15, -0.1) is 0 Å². The molecule has 110 valence electrons. The topological polar surface area (TPSA) is 50.7 Å². The largest absolute Gasteiger partial charge is 0.507 e. The zero-order valence-electron chi connectivity index (χ0n) is 12.2. The van der Waals surface area contributed by atoms with Gasteiger partial charge in [-0.1, -0.05) is 24.3 Å². The Kier molecular flexibility index (Phi) is 3.71. The average Bonchev–Trinajstić information content (AvgIpc) is 2.96. The van der Waals surface area contributed by atoms with Crippen LogP contribution in [0.1, 0.15) is 29.7 Å². The Morgan fingerprint density at radius 3 is 2.86 bits per heavy atom. The molecule has 21 heavy (non-hydrogen) atoms. The van der Waals surface area contributed by atoms with Crippen LogP contribution in [0.5, 0.6) is 17.2 Å². The molecule has 1 aliphatic rings. The van der Waals surface area contributed by atoms with E-state index in [-0.39, 0.29) is 12.8 Å². The molecule has 0 aliphatic carbocycles. The first-order valence-corrected chi connectivity index (χ1v) is 7.05. The number of phenolic OH excluding ortho intramolecular Hbond substituents is 1. The number of fused-ring (bicyclic) bond motifs is 1. The van der Waals surface area contributed by atoms with Crippen LogP contribution < -0.4 is 14.8 Å². The Balaban J connectivity index is 1.69. The fraction of sp³-hybridized carbons (Fsp3) is 0.294. The molecule has 2 N–H and O–H groups in total. The number of phenols is 1. The molecule has 3 rings (SSSR count). The Morgan fingerprint density at radius 1 is 1.19 bits per heavy atom. The van der Waals surface area contributed by atoms with Crippen LogP contribution in [0.2, 0.25) is 0 Å². The van der Waals surface area contributed by atoms with E-state index in [1.54, 1.807) is 0 Å². The van der Waals surface area contributed by atoms with Crippen LogP contribution in [-0.2, 0) is 6.54 Å². The van der Waals surface area contributed by atoms with Gasteiger partial charge in [0.1, 0.15) is 5.75 Å². The first-order valence-electron chi connectivity index (χ1n) is 7.05. The molecule has 0 amide bonds. The van der Waals surface area contributed by atoms with Crippen LogP contribution in [0.15, 0.2) is 36.4 Å². The van der Waals surface area contributed by atoms with Crippen molar-refractivity contribution in [3.8, 4) is 17.2 Å². The van der Waals surface area contributed by atoms with E-state index in [4.69, 9.17) is 9.47 Å². The summed E-state index contributed by atoms with van der Waals surface area (Å²) >= 11 is 0. The molecule has 1 unspecified atom stereocenters. The molecule has 4 heteroatoms. The maximum atomic E-state index is 10.0. The normalized spacial score (nSPS) is 14.2. The van der Waals surface area contributed by atoms with Crippen LogP contribution in [-0.4, -0.2) is 11.9 Å². The van der Waals surface area contributed by atoms with Crippen molar-refractivity contribution in [3.63, 3.8) is 0 Å². The smallest absolute Gasteiger partial charge is 0.231 e. The summed E-state index contributed by atoms with van der Waals surface area (Å²) in [6.07, 6.45) is 0. The molecule has 1 heterocycles. The highest BCUT2D eigenvalue weighted by atomic mass is 16.7. The number of hydrogen-bond donors (Lipinski definition) is 2. The molecule has 0 aromatic heterocycles. The van der Waals surface area contributed by atoms with Gasteiger partial charge in [0, 0.05) is 18.2 Å². The van der Waals surface area contributed by atoms with E-state index in [0.29, 0.717) is 12.3 Å². The third-order valence-corrected chi connectivity index (χ3v) is 3.82. The molecule has 0 spiro atoms. The molecular formula is C17H19NO3. The second kappa shape index (κ2) is 5.66. The van der Waals surface area contributed by atoms with E-state index in [1.165, 1.54) is 0 Å². The average molecular weight is 285 g/mol. The number of para-hydroxylation sites is 1. The summed E-state index contributed by atoms with van der Waals surface area (Å²) in [5.74, 6) is 1.95. The number of aryl methyl sites for hydroxylation is 1. The predicted octanol–water partition coefficient (Wildman–Crippen LogP) is 3.28. The summed E-state index contributed by atoms with van der Waals surface area (Å²) in [5, 5.41) is 13.4. The van der Waals surface area contributed by atoms with Crippen molar-refractivity contribution in [2.24, 2.45) is 0 Å². The minimum atomic E-state index is 0.152. The predicted molar refractivity (Wildman–Crippen MR) is 80.7 cm³/mol. The molecule has 2 aromatic rings. The first kappa shape index (κ1) is 13.8. The third-order valence-electron chi connectivity index (χ3n) is 3.82. The first-order chi connectivity index (χ1) is 10.1. The third kappa shape index (κ3) is 2.81. The van der Waals surface area contributed by atoms with Crippen LogP contribution >= 0.6 is 0 Å². The molecule has 0 radical (unpaired) electrons. The van der Waals surface area contributed by atoms with E-state index in [1.807, 2.05) is 43.3 Å². The summed E-state index contributed by atoms with van der Waals surface area (Å²) in [6, 6.07) is 11.9. The number of ether oxygens (including phenoxy) is 2. The summed E-state index contributed by atoms with van der Waals surface area (Å²) in [6.45, 7) is 4.89. The SMILES string of the molecule is Cc1cccc(CNC(C)c2ccc3c(c2)OCO3)c1O. The zero-order chi connectivity index (χ0) is 14.8. The molecule has 1 atom stereocenters. The fourth-order valence-electron chi connectivity index (χ4n) is 2.43. The lowest BCUT2D eigenvalue weighted by molar-refractivity contribution is 0.174. The van der Waals surface area contributed by atoms with Crippen molar-refractivity contribution >= 4 is 0 Å². The molecule has 0 saturated heterocycles. The molecule has 1 aliphatic heterocycles. The van der Waals surface area contributed by atoms with E-state index in [0.717, 1.165) is 28.2 Å². The summed E-state index contributed by atoms with van der Waals surface area (Å²) < 4.78 is 10.7. The number of benzene rings is 2. The maximum Gasteiger partial charge on any atom is 0.231 e. The van der Waals surface area contributed by atoms with E-state index in [2.05, 4.69) is 12.2 Å².